The Morgan fingerprint density at radius 1 is 1.21 bits per heavy atom. The first-order valence-corrected chi connectivity index (χ1v) is 7.98. The van der Waals surface area contributed by atoms with E-state index in [1.807, 2.05) is 0 Å². The number of nitrogens with one attached hydrogen (secondary N) is 1. The largest absolute Gasteiger partial charge is 0.398 e. The maximum absolute atomic E-state index is 12.1. The highest BCUT2D eigenvalue weighted by Gasteiger charge is 2.31. The predicted octanol–water partition coefficient (Wildman–Crippen LogP) is 1.24. The third-order valence-corrected chi connectivity index (χ3v) is 5.06. The van der Waals surface area contributed by atoms with E-state index in [-0.39, 0.29) is 17.1 Å². The Morgan fingerprint density at radius 3 is 2.47 bits per heavy atom. The number of hydrogen-bond donors (Lipinski definition) is 3. The number of rotatable bonds is 4. The molecule has 0 spiro atoms. The summed E-state index contributed by atoms with van der Waals surface area (Å²) < 4.78 is 26.7. The summed E-state index contributed by atoms with van der Waals surface area (Å²) in [5.74, 6) is 0. The normalized spacial score (nSPS) is 19.2. The van der Waals surface area contributed by atoms with E-state index in [9.17, 15) is 13.5 Å². The summed E-state index contributed by atoms with van der Waals surface area (Å²) in [6, 6.07) is 6.32. The van der Waals surface area contributed by atoms with Gasteiger partial charge in [-0.15, -0.1) is 0 Å². The molecular formula is C13H20N2O3S. The molecule has 0 saturated heterocycles. The number of aliphatic hydroxyl groups is 1. The summed E-state index contributed by atoms with van der Waals surface area (Å²) in [7, 11) is -3.66. The van der Waals surface area contributed by atoms with Crippen LogP contribution in [0.3, 0.4) is 0 Å². The molecule has 1 saturated carbocycles. The van der Waals surface area contributed by atoms with Crippen LogP contribution < -0.4 is 10.5 Å². The van der Waals surface area contributed by atoms with E-state index in [0.29, 0.717) is 12.8 Å². The molecule has 1 fully saturated rings. The summed E-state index contributed by atoms with van der Waals surface area (Å²) in [5, 5.41) is 10.3. The van der Waals surface area contributed by atoms with Crippen LogP contribution in [0.4, 0.5) is 5.69 Å². The van der Waals surface area contributed by atoms with Crippen LogP contribution in [-0.2, 0) is 10.0 Å². The van der Waals surface area contributed by atoms with E-state index in [4.69, 9.17) is 5.73 Å². The highest BCUT2D eigenvalue weighted by molar-refractivity contribution is 7.89. The smallest absolute Gasteiger partial charge is 0.242 e. The second kappa shape index (κ2) is 5.48. The summed E-state index contributed by atoms with van der Waals surface area (Å²) in [5.41, 5.74) is 4.96. The number of para-hydroxylation sites is 1. The van der Waals surface area contributed by atoms with Crippen LogP contribution in [0.1, 0.15) is 32.1 Å². The summed E-state index contributed by atoms with van der Waals surface area (Å²) in [6.07, 6.45) is 4.25. The second-order valence-corrected chi connectivity index (χ2v) is 6.88. The molecule has 0 unspecified atom stereocenters. The number of sulfonamides is 1. The third-order valence-electron chi connectivity index (χ3n) is 3.58. The van der Waals surface area contributed by atoms with Crippen LogP contribution in [-0.4, -0.2) is 25.7 Å². The molecule has 1 aromatic rings. The Morgan fingerprint density at radius 2 is 1.84 bits per heavy atom. The van der Waals surface area contributed by atoms with Gasteiger partial charge < -0.3 is 10.8 Å². The first-order chi connectivity index (χ1) is 8.93. The summed E-state index contributed by atoms with van der Waals surface area (Å²) in [4.78, 5) is 0.0643. The topological polar surface area (TPSA) is 92.4 Å². The van der Waals surface area contributed by atoms with Gasteiger partial charge in [-0.1, -0.05) is 31.4 Å². The molecule has 1 aliphatic rings. The van der Waals surface area contributed by atoms with Gasteiger partial charge in [0.2, 0.25) is 10.0 Å². The van der Waals surface area contributed by atoms with Crippen molar-refractivity contribution >= 4 is 15.7 Å². The molecule has 0 aliphatic heterocycles. The van der Waals surface area contributed by atoms with Gasteiger partial charge in [0.05, 0.1) is 11.3 Å². The molecule has 2 rings (SSSR count). The molecule has 0 amide bonds. The molecule has 0 aromatic heterocycles. The standard InChI is InChI=1S/C13H20N2O3S/c14-11-6-2-3-7-12(11)19(17,18)15-10-13(16)8-4-1-5-9-13/h2-3,6-7,15-16H,1,4-5,8-10,14H2. The van der Waals surface area contributed by atoms with Crippen LogP contribution in [0.25, 0.3) is 0 Å². The van der Waals surface area contributed by atoms with Gasteiger partial charge in [0, 0.05) is 6.54 Å². The van der Waals surface area contributed by atoms with Crippen molar-refractivity contribution in [2.45, 2.75) is 42.6 Å². The van der Waals surface area contributed by atoms with Crippen molar-refractivity contribution in [3.63, 3.8) is 0 Å². The van der Waals surface area contributed by atoms with Crippen molar-refractivity contribution in [2.24, 2.45) is 0 Å². The van der Waals surface area contributed by atoms with Crippen LogP contribution in [0.2, 0.25) is 0 Å². The molecule has 4 N–H and O–H groups in total. The van der Waals surface area contributed by atoms with Gasteiger partial charge >= 0.3 is 0 Å². The monoisotopic (exact) mass is 284 g/mol. The zero-order chi connectivity index (χ0) is 13.9. The van der Waals surface area contributed by atoms with Crippen molar-refractivity contribution in [1.29, 1.82) is 0 Å². The Hall–Kier alpha value is -1.11. The van der Waals surface area contributed by atoms with Gasteiger partial charge in [-0.3, -0.25) is 0 Å². The number of hydrogen-bond acceptors (Lipinski definition) is 4. The lowest BCUT2D eigenvalue weighted by Crippen LogP contribution is -2.44. The van der Waals surface area contributed by atoms with Gasteiger partial charge in [-0.2, -0.15) is 0 Å². The van der Waals surface area contributed by atoms with Crippen molar-refractivity contribution in [2.75, 3.05) is 12.3 Å². The van der Waals surface area contributed by atoms with Gasteiger partial charge in [0.1, 0.15) is 4.90 Å². The average molecular weight is 284 g/mol. The quantitative estimate of drug-likeness (QED) is 0.725. The molecular weight excluding hydrogens is 264 g/mol. The minimum absolute atomic E-state index is 0.0453. The fourth-order valence-corrected chi connectivity index (χ4v) is 3.67. The van der Waals surface area contributed by atoms with Gasteiger partial charge in [-0.05, 0) is 25.0 Å². The Bertz CT molecular complexity index is 537. The maximum Gasteiger partial charge on any atom is 0.242 e. The van der Waals surface area contributed by atoms with Crippen molar-refractivity contribution in [3.05, 3.63) is 24.3 Å². The Balaban J connectivity index is 2.08. The SMILES string of the molecule is Nc1ccccc1S(=O)(=O)NCC1(O)CCCCC1. The maximum atomic E-state index is 12.1. The fraction of sp³-hybridized carbons (Fsp3) is 0.538. The zero-order valence-electron chi connectivity index (χ0n) is 10.8. The number of anilines is 1. The summed E-state index contributed by atoms with van der Waals surface area (Å²) in [6.45, 7) is 0.0453. The second-order valence-electron chi connectivity index (χ2n) is 5.15. The van der Waals surface area contributed by atoms with E-state index in [1.165, 1.54) is 6.07 Å². The Labute approximate surface area is 113 Å². The van der Waals surface area contributed by atoms with Crippen molar-refractivity contribution in [3.8, 4) is 0 Å². The van der Waals surface area contributed by atoms with Gasteiger partial charge in [0.25, 0.3) is 0 Å². The zero-order valence-corrected chi connectivity index (χ0v) is 11.6. The van der Waals surface area contributed by atoms with Gasteiger partial charge in [0.15, 0.2) is 0 Å². The van der Waals surface area contributed by atoms with E-state index in [0.717, 1.165) is 19.3 Å². The van der Waals surface area contributed by atoms with E-state index < -0.39 is 15.6 Å². The fourth-order valence-electron chi connectivity index (χ4n) is 2.42. The lowest BCUT2D eigenvalue weighted by molar-refractivity contribution is 0.00946. The van der Waals surface area contributed by atoms with Crippen LogP contribution in [0.15, 0.2) is 29.2 Å². The number of nitrogen functional groups attached to an aromatic ring is 1. The predicted molar refractivity (Wildman–Crippen MR) is 74.1 cm³/mol. The number of benzene rings is 1. The van der Waals surface area contributed by atoms with E-state index in [1.54, 1.807) is 18.2 Å². The molecule has 0 heterocycles. The van der Waals surface area contributed by atoms with Crippen molar-refractivity contribution in [1.82, 2.24) is 4.72 Å². The molecule has 1 aromatic carbocycles. The Kier molecular flexibility index (Phi) is 4.13. The summed E-state index contributed by atoms with van der Waals surface area (Å²) >= 11 is 0. The van der Waals surface area contributed by atoms with Crippen LogP contribution in [0.5, 0.6) is 0 Å². The van der Waals surface area contributed by atoms with E-state index in [2.05, 4.69) is 4.72 Å². The first kappa shape index (κ1) is 14.3. The highest BCUT2D eigenvalue weighted by Crippen LogP contribution is 2.28. The molecule has 0 atom stereocenters. The molecule has 0 radical (unpaired) electrons. The number of nitrogens with two attached hydrogens (primary N) is 1. The first-order valence-electron chi connectivity index (χ1n) is 6.50. The van der Waals surface area contributed by atoms with E-state index >= 15 is 0 Å². The average Bonchev–Trinajstić information content (AvgIpc) is 2.38. The third kappa shape index (κ3) is 3.46. The van der Waals surface area contributed by atoms with Gasteiger partial charge in [-0.25, -0.2) is 13.1 Å². The molecule has 5 nitrogen and oxygen atoms in total. The minimum atomic E-state index is -3.66. The molecule has 106 valence electrons. The van der Waals surface area contributed by atoms with Crippen LogP contribution >= 0.6 is 0 Å². The van der Waals surface area contributed by atoms with Crippen LogP contribution in [0, 0.1) is 0 Å². The molecule has 6 heteroatoms. The minimum Gasteiger partial charge on any atom is -0.398 e. The molecule has 1 aliphatic carbocycles. The molecule has 0 bridgehead atoms. The highest BCUT2D eigenvalue weighted by atomic mass is 32.2. The lowest BCUT2D eigenvalue weighted by Gasteiger charge is -2.32. The lowest BCUT2D eigenvalue weighted by atomic mass is 9.85. The molecule has 19 heavy (non-hydrogen) atoms. The van der Waals surface area contributed by atoms with Crippen molar-refractivity contribution < 1.29 is 13.5 Å².